The Labute approximate surface area is 146 Å². The van der Waals surface area contributed by atoms with E-state index in [1.807, 2.05) is 11.0 Å². The number of hydrogen-bond acceptors (Lipinski definition) is 4. The fourth-order valence-corrected chi connectivity index (χ4v) is 3.11. The maximum absolute atomic E-state index is 12.2. The molecule has 0 unspecified atom stereocenters. The summed E-state index contributed by atoms with van der Waals surface area (Å²) in [5.41, 5.74) is 0.994. The molecule has 1 fully saturated rings. The summed E-state index contributed by atoms with van der Waals surface area (Å²) < 4.78 is 0. The van der Waals surface area contributed by atoms with Gasteiger partial charge in [-0.15, -0.1) is 0 Å². The van der Waals surface area contributed by atoms with Gasteiger partial charge >= 0.3 is 5.97 Å². The standard InChI is InChI=1S/C19H21N3O3/c1-13-6-5-9-22(12-13)17-16(19(24)25)10-15(11-20-17)21-18(23)14-7-3-2-4-8-14/h2-4,7-8,10-11,13H,5-6,9,12H2,1H3,(H,21,23)(H,24,25)/t13-/m0/s1. The number of aromatic nitrogens is 1. The van der Waals surface area contributed by atoms with Crippen LogP contribution in [0.15, 0.2) is 42.6 Å². The monoisotopic (exact) mass is 339 g/mol. The Morgan fingerprint density at radius 2 is 2.04 bits per heavy atom. The van der Waals surface area contributed by atoms with Crippen molar-refractivity contribution in [2.45, 2.75) is 19.8 Å². The number of pyridine rings is 1. The molecule has 3 rings (SSSR count). The number of carboxylic acids is 1. The average Bonchev–Trinajstić information content (AvgIpc) is 2.62. The molecule has 1 amide bonds. The molecule has 0 bridgehead atoms. The molecule has 6 heteroatoms. The van der Waals surface area contributed by atoms with E-state index >= 15 is 0 Å². The summed E-state index contributed by atoms with van der Waals surface area (Å²) in [5.74, 6) is -0.360. The van der Waals surface area contributed by atoms with Crippen LogP contribution >= 0.6 is 0 Å². The lowest BCUT2D eigenvalue weighted by atomic mass is 10.00. The zero-order chi connectivity index (χ0) is 17.8. The van der Waals surface area contributed by atoms with E-state index in [9.17, 15) is 14.7 Å². The lowest BCUT2D eigenvalue weighted by Crippen LogP contribution is -2.36. The van der Waals surface area contributed by atoms with Gasteiger partial charge in [-0.2, -0.15) is 0 Å². The van der Waals surface area contributed by atoms with Crippen LogP contribution in [0.1, 0.15) is 40.5 Å². The van der Waals surface area contributed by atoms with Gasteiger partial charge in [-0.25, -0.2) is 9.78 Å². The second-order valence-corrected chi connectivity index (χ2v) is 6.41. The highest BCUT2D eigenvalue weighted by atomic mass is 16.4. The molecule has 130 valence electrons. The number of piperidine rings is 1. The van der Waals surface area contributed by atoms with Crippen molar-refractivity contribution in [3.63, 3.8) is 0 Å². The van der Waals surface area contributed by atoms with Crippen LogP contribution in [0.5, 0.6) is 0 Å². The number of rotatable bonds is 4. The zero-order valence-corrected chi connectivity index (χ0v) is 14.1. The molecule has 2 heterocycles. The Bertz CT molecular complexity index is 777. The predicted octanol–water partition coefficient (Wildman–Crippen LogP) is 3.27. The Morgan fingerprint density at radius 1 is 1.28 bits per heavy atom. The molecule has 1 aliphatic heterocycles. The van der Waals surface area contributed by atoms with E-state index in [-0.39, 0.29) is 11.5 Å². The fourth-order valence-electron chi connectivity index (χ4n) is 3.11. The van der Waals surface area contributed by atoms with Crippen LogP contribution in [-0.2, 0) is 0 Å². The molecule has 1 aromatic heterocycles. The van der Waals surface area contributed by atoms with Gasteiger partial charge in [0.2, 0.25) is 0 Å². The van der Waals surface area contributed by atoms with Crippen molar-refractivity contribution in [1.29, 1.82) is 0 Å². The number of carbonyl (C=O) groups is 2. The van der Waals surface area contributed by atoms with Gasteiger partial charge in [0.25, 0.3) is 5.91 Å². The van der Waals surface area contributed by atoms with Crippen LogP contribution < -0.4 is 10.2 Å². The number of aromatic carboxylic acids is 1. The first-order valence-corrected chi connectivity index (χ1v) is 8.39. The Balaban J connectivity index is 1.84. The maximum Gasteiger partial charge on any atom is 0.339 e. The van der Waals surface area contributed by atoms with Gasteiger partial charge in [-0.05, 0) is 37.0 Å². The summed E-state index contributed by atoms with van der Waals surface area (Å²) in [6.07, 6.45) is 3.68. The van der Waals surface area contributed by atoms with Gasteiger partial charge in [0.1, 0.15) is 11.4 Å². The summed E-state index contributed by atoms with van der Waals surface area (Å²) >= 11 is 0. The zero-order valence-electron chi connectivity index (χ0n) is 14.1. The van der Waals surface area contributed by atoms with Crippen molar-refractivity contribution in [2.24, 2.45) is 5.92 Å². The van der Waals surface area contributed by atoms with Crippen LogP contribution in [0, 0.1) is 5.92 Å². The van der Waals surface area contributed by atoms with E-state index in [1.165, 1.54) is 12.3 Å². The highest BCUT2D eigenvalue weighted by Crippen LogP contribution is 2.26. The third kappa shape index (κ3) is 3.96. The van der Waals surface area contributed by atoms with Gasteiger partial charge in [0, 0.05) is 18.7 Å². The number of benzene rings is 1. The number of anilines is 2. The Morgan fingerprint density at radius 3 is 2.72 bits per heavy atom. The number of carboxylic acid groups (broad SMARTS) is 1. The average molecular weight is 339 g/mol. The van der Waals surface area contributed by atoms with Crippen LogP contribution in [0.25, 0.3) is 0 Å². The van der Waals surface area contributed by atoms with Crippen molar-refractivity contribution in [3.8, 4) is 0 Å². The van der Waals surface area contributed by atoms with Crippen LogP contribution in [0.3, 0.4) is 0 Å². The second kappa shape index (κ2) is 7.34. The van der Waals surface area contributed by atoms with Gasteiger partial charge in [-0.3, -0.25) is 4.79 Å². The second-order valence-electron chi connectivity index (χ2n) is 6.41. The molecule has 0 saturated carbocycles. The molecule has 1 aliphatic rings. The topological polar surface area (TPSA) is 82.5 Å². The highest BCUT2D eigenvalue weighted by Gasteiger charge is 2.23. The van der Waals surface area contributed by atoms with Gasteiger partial charge in [-0.1, -0.05) is 25.1 Å². The summed E-state index contributed by atoms with van der Waals surface area (Å²) in [7, 11) is 0. The van der Waals surface area contributed by atoms with Crippen molar-refractivity contribution in [3.05, 3.63) is 53.7 Å². The van der Waals surface area contributed by atoms with E-state index in [4.69, 9.17) is 0 Å². The summed E-state index contributed by atoms with van der Waals surface area (Å²) in [5, 5.41) is 12.3. The first kappa shape index (κ1) is 17.0. The molecular formula is C19H21N3O3. The third-order valence-electron chi connectivity index (χ3n) is 4.35. The van der Waals surface area contributed by atoms with Gasteiger partial charge in [0.05, 0.1) is 11.9 Å². The van der Waals surface area contributed by atoms with Crippen molar-refractivity contribution >= 4 is 23.4 Å². The predicted molar refractivity (Wildman–Crippen MR) is 96.2 cm³/mol. The minimum atomic E-state index is -1.04. The number of nitrogens with zero attached hydrogens (tertiary/aromatic N) is 2. The normalized spacial score (nSPS) is 17.2. The molecule has 6 nitrogen and oxygen atoms in total. The lowest BCUT2D eigenvalue weighted by Gasteiger charge is -2.32. The molecule has 2 aromatic rings. The van der Waals surface area contributed by atoms with Crippen LogP contribution in [0.4, 0.5) is 11.5 Å². The number of amides is 1. The van der Waals surface area contributed by atoms with E-state index in [2.05, 4.69) is 17.2 Å². The van der Waals surface area contributed by atoms with E-state index in [0.717, 1.165) is 25.9 Å². The van der Waals surface area contributed by atoms with Crippen LogP contribution in [0.2, 0.25) is 0 Å². The molecular weight excluding hydrogens is 318 g/mol. The molecule has 0 aliphatic carbocycles. The number of hydrogen-bond donors (Lipinski definition) is 2. The third-order valence-corrected chi connectivity index (χ3v) is 4.35. The molecule has 25 heavy (non-hydrogen) atoms. The Kier molecular flexibility index (Phi) is 4.97. The lowest BCUT2D eigenvalue weighted by molar-refractivity contribution is 0.0696. The Hall–Kier alpha value is -2.89. The van der Waals surface area contributed by atoms with Crippen molar-refractivity contribution in [1.82, 2.24) is 4.98 Å². The molecule has 1 saturated heterocycles. The molecule has 0 radical (unpaired) electrons. The van der Waals surface area contributed by atoms with Gasteiger partial charge < -0.3 is 15.3 Å². The molecule has 1 aromatic carbocycles. The van der Waals surface area contributed by atoms with Gasteiger partial charge in [0.15, 0.2) is 0 Å². The smallest absolute Gasteiger partial charge is 0.339 e. The van der Waals surface area contributed by atoms with E-state index < -0.39 is 5.97 Å². The van der Waals surface area contributed by atoms with Crippen molar-refractivity contribution in [2.75, 3.05) is 23.3 Å². The minimum Gasteiger partial charge on any atom is -0.478 e. The quantitative estimate of drug-likeness (QED) is 0.893. The summed E-state index contributed by atoms with van der Waals surface area (Å²) in [6, 6.07) is 10.3. The largest absolute Gasteiger partial charge is 0.478 e. The highest BCUT2D eigenvalue weighted by molar-refractivity contribution is 6.05. The SMILES string of the molecule is C[C@H]1CCCN(c2ncc(NC(=O)c3ccccc3)cc2C(=O)O)C1. The number of nitrogens with one attached hydrogen (secondary N) is 1. The van der Waals surface area contributed by atoms with E-state index in [1.54, 1.807) is 24.3 Å². The first-order valence-electron chi connectivity index (χ1n) is 8.39. The molecule has 1 atom stereocenters. The molecule has 2 N–H and O–H groups in total. The maximum atomic E-state index is 12.2. The van der Waals surface area contributed by atoms with Crippen LogP contribution in [-0.4, -0.2) is 35.1 Å². The number of carbonyl (C=O) groups excluding carboxylic acids is 1. The minimum absolute atomic E-state index is 0.111. The van der Waals surface area contributed by atoms with E-state index in [0.29, 0.717) is 23.0 Å². The fraction of sp³-hybridized carbons (Fsp3) is 0.316. The van der Waals surface area contributed by atoms with Crippen molar-refractivity contribution < 1.29 is 14.7 Å². The summed E-state index contributed by atoms with van der Waals surface area (Å²) in [6.45, 7) is 3.75. The molecule has 0 spiro atoms. The summed E-state index contributed by atoms with van der Waals surface area (Å²) in [4.78, 5) is 30.3. The first-order chi connectivity index (χ1) is 12.0.